The molecule has 20 heteroatoms. The van der Waals surface area contributed by atoms with Crippen molar-refractivity contribution >= 4 is 41.6 Å². The van der Waals surface area contributed by atoms with Gasteiger partial charge in [0.2, 0.25) is 5.95 Å². The highest BCUT2D eigenvalue weighted by molar-refractivity contribution is 7.66. The number of nitrogens with two attached hydrogens (primary N) is 1. The summed E-state index contributed by atoms with van der Waals surface area (Å²) in [6, 6.07) is 0. The molecule has 4 atom stereocenters. The first-order valence-corrected chi connectivity index (χ1v) is 13.2. The smallest absolute Gasteiger partial charge is 0.371 e. The van der Waals surface area contributed by atoms with Gasteiger partial charge in [0.1, 0.15) is 5.82 Å². The third-order valence-electron chi connectivity index (χ3n) is 4.01. The molecule has 32 heavy (non-hydrogen) atoms. The topological polar surface area (TPSA) is 268 Å². The first-order valence-electron chi connectivity index (χ1n) is 8.68. The lowest BCUT2D eigenvalue weighted by atomic mass is 10.2. The summed E-state index contributed by atoms with van der Waals surface area (Å²) in [7, 11) is -16.3. The SMILES string of the molecule is Cc1c(N(C=N)C[C@H]2CCC(COP(=O)(O)OP(=O)(O)OP(=O)(O)O)O2)nc(N)[nH]c1=O. The molecule has 1 fully saturated rings. The quantitative estimate of drug-likeness (QED) is 0.114. The Bertz CT molecular complexity index is 1040. The normalized spacial score (nSPS) is 22.8. The van der Waals surface area contributed by atoms with Gasteiger partial charge in [0.25, 0.3) is 5.56 Å². The second kappa shape index (κ2) is 10.2. The van der Waals surface area contributed by atoms with Gasteiger partial charge in [-0.05, 0) is 19.8 Å². The van der Waals surface area contributed by atoms with Crippen LogP contribution >= 0.6 is 23.5 Å². The minimum Gasteiger partial charge on any atom is -0.371 e. The molecule has 0 radical (unpaired) electrons. The first-order chi connectivity index (χ1) is 14.6. The van der Waals surface area contributed by atoms with E-state index in [-0.39, 0.29) is 23.9 Å². The molecule has 0 amide bonds. The Morgan fingerprint density at radius 1 is 1.22 bits per heavy atom. The second-order valence-electron chi connectivity index (χ2n) is 6.53. The average Bonchev–Trinajstić information content (AvgIpc) is 3.06. The Labute approximate surface area is 180 Å². The van der Waals surface area contributed by atoms with Gasteiger partial charge in [0, 0.05) is 0 Å². The van der Waals surface area contributed by atoms with E-state index in [2.05, 4.69) is 23.1 Å². The van der Waals surface area contributed by atoms with E-state index in [4.69, 9.17) is 30.6 Å². The van der Waals surface area contributed by atoms with E-state index in [1.807, 2.05) is 0 Å². The van der Waals surface area contributed by atoms with Gasteiger partial charge in [-0.3, -0.25) is 19.7 Å². The predicted octanol–water partition coefficient (Wildman–Crippen LogP) is -0.0351. The van der Waals surface area contributed by atoms with E-state index >= 15 is 0 Å². The number of hydrogen-bond donors (Lipinski definition) is 7. The first kappa shape index (κ1) is 26.8. The molecule has 17 nitrogen and oxygen atoms in total. The number of aromatic amines is 1. The number of H-pyrrole nitrogens is 1. The maximum absolute atomic E-state index is 11.8. The number of phosphoric ester groups is 1. The van der Waals surface area contributed by atoms with E-state index in [0.717, 1.165) is 6.34 Å². The Morgan fingerprint density at radius 2 is 1.84 bits per heavy atom. The third-order valence-corrected chi connectivity index (χ3v) is 7.81. The molecule has 0 saturated carbocycles. The number of aromatic nitrogens is 2. The standard InChI is InChI=1S/C12H22N5O12P3/c1-7-10(15-12(14)16-11(7)18)17(6-13)4-8-2-3-9(27-8)5-26-31(22,23)29-32(24,25)28-30(19,20)21/h6,8-9,13H,2-5H2,1H3,(H,22,23)(H,24,25)(H2,19,20,21)(H3,14,15,16,18)/t8-,9?/m1/s1. The molecular weight excluding hydrogens is 499 g/mol. The number of hydrogen-bond acceptors (Lipinski definition) is 11. The molecule has 2 heterocycles. The molecule has 0 spiro atoms. The number of nitrogens with one attached hydrogen (secondary N) is 2. The molecule has 182 valence electrons. The summed E-state index contributed by atoms with van der Waals surface area (Å²) in [4.78, 5) is 55.1. The zero-order chi connectivity index (χ0) is 24.3. The molecule has 1 aliphatic rings. The number of phosphoric acid groups is 3. The Morgan fingerprint density at radius 3 is 2.44 bits per heavy atom. The molecule has 3 unspecified atom stereocenters. The molecule has 0 aromatic carbocycles. The van der Waals surface area contributed by atoms with Gasteiger partial charge in [-0.25, -0.2) is 13.7 Å². The van der Waals surface area contributed by atoms with Crippen molar-refractivity contribution < 1.29 is 51.2 Å². The fourth-order valence-corrected chi connectivity index (χ4v) is 5.80. The summed E-state index contributed by atoms with van der Waals surface area (Å²) in [6.07, 6.45) is 0.420. The van der Waals surface area contributed by atoms with Gasteiger partial charge < -0.3 is 34.9 Å². The van der Waals surface area contributed by atoms with Gasteiger partial charge in [-0.2, -0.15) is 13.6 Å². The molecule has 1 aliphatic heterocycles. The molecule has 2 rings (SSSR count). The lowest BCUT2D eigenvalue weighted by Gasteiger charge is -2.23. The van der Waals surface area contributed by atoms with Crippen LogP contribution in [0, 0.1) is 12.3 Å². The van der Waals surface area contributed by atoms with Crippen LogP contribution in [0.1, 0.15) is 18.4 Å². The molecule has 1 saturated heterocycles. The van der Waals surface area contributed by atoms with Crippen LogP contribution < -0.4 is 16.2 Å². The van der Waals surface area contributed by atoms with E-state index in [1.54, 1.807) is 0 Å². The van der Waals surface area contributed by atoms with Gasteiger partial charge in [0.15, 0.2) is 0 Å². The van der Waals surface area contributed by atoms with E-state index in [1.165, 1.54) is 11.8 Å². The minimum atomic E-state index is -5.60. The fourth-order valence-electron chi connectivity index (χ4n) is 2.75. The number of nitrogens with zero attached hydrogens (tertiary/aromatic N) is 2. The van der Waals surface area contributed by atoms with E-state index in [0.29, 0.717) is 12.8 Å². The molecule has 0 bridgehead atoms. The van der Waals surface area contributed by atoms with Crippen molar-refractivity contribution in [2.75, 3.05) is 23.8 Å². The molecule has 1 aromatic heterocycles. The van der Waals surface area contributed by atoms with Gasteiger partial charge >= 0.3 is 23.5 Å². The number of rotatable bonds is 11. The zero-order valence-electron chi connectivity index (χ0n) is 16.4. The summed E-state index contributed by atoms with van der Waals surface area (Å²) >= 11 is 0. The monoisotopic (exact) mass is 521 g/mol. The summed E-state index contributed by atoms with van der Waals surface area (Å²) in [5.41, 5.74) is 5.30. The lowest BCUT2D eigenvalue weighted by molar-refractivity contribution is 0.0149. The fraction of sp³-hybridized carbons (Fsp3) is 0.583. The minimum absolute atomic E-state index is 0.0893. The number of ether oxygens (including phenoxy) is 1. The highest BCUT2D eigenvalue weighted by atomic mass is 31.3. The molecule has 1 aromatic rings. The summed E-state index contributed by atoms with van der Waals surface area (Å²) in [5, 5.41) is 7.58. The largest absolute Gasteiger partial charge is 0.490 e. The highest BCUT2D eigenvalue weighted by Crippen LogP contribution is 2.66. The Hall–Kier alpha value is -1.48. The molecule has 8 N–H and O–H groups in total. The van der Waals surface area contributed by atoms with Crippen molar-refractivity contribution in [2.45, 2.75) is 32.0 Å². The highest BCUT2D eigenvalue weighted by Gasteiger charge is 2.41. The van der Waals surface area contributed by atoms with Crippen molar-refractivity contribution in [3.05, 3.63) is 15.9 Å². The van der Waals surface area contributed by atoms with Crippen LogP contribution in [0.15, 0.2) is 4.79 Å². The maximum Gasteiger partial charge on any atom is 0.490 e. The number of anilines is 2. The average molecular weight is 521 g/mol. The summed E-state index contributed by atoms with van der Waals surface area (Å²) < 4.78 is 51.1. The van der Waals surface area contributed by atoms with Crippen molar-refractivity contribution in [2.24, 2.45) is 0 Å². The summed E-state index contributed by atoms with van der Waals surface area (Å²) in [5.74, 6) is 0.0187. The van der Waals surface area contributed by atoms with Crippen LogP contribution in [0.4, 0.5) is 11.8 Å². The summed E-state index contributed by atoms with van der Waals surface area (Å²) in [6.45, 7) is 1.02. The van der Waals surface area contributed by atoms with E-state index in [9.17, 15) is 23.4 Å². The molecular formula is C12H22N5O12P3. The Kier molecular flexibility index (Phi) is 8.53. The van der Waals surface area contributed by atoms with Crippen LogP contribution in [-0.2, 0) is 31.6 Å². The van der Waals surface area contributed by atoms with Crippen LogP contribution in [0.5, 0.6) is 0 Å². The van der Waals surface area contributed by atoms with E-state index < -0.39 is 47.8 Å². The van der Waals surface area contributed by atoms with Crippen LogP contribution in [0.3, 0.4) is 0 Å². The van der Waals surface area contributed by atoms with Gasteiger partial charge in [0.05, 0.1) is 37.3 Å². The van der Waals surface area contributed by atoms with Crippen LogP contribution in [-0.4, -0.2) is 61.2 Å². The lowest BCUT2D eigenvalue weighted by Crippen LogP contribution is -2.34. The van der Waals surface area contributed by atoms with Crippen molar-refractivity contribution in [3.8, 4) is 0 Å². The second-order valence-corrected chi connectivity index (χ2v) is 10.9. The predicted molar refractivity (Wildman–Crippen MR) is 108 cm³/mol. The zero-order valence-corrected chi connectivity index (χ0v) is 19.1. The van der Waals surface area contributed by atoms with Gasteiger partial charge in [-0.1, -0.05) is 0 Å². The third kappa shape index (κ3) is 8.14. The Balaban J connectivity index is 1.93. The maximum atomic E-state index is 11.8. The van der Waals surface area contributed by atoms with Gasteiger partial charge in [-0.15, -0.1) is 0 Å². The van der Waals surface area contributed by atoms with Crippen molar-refractivity contribution in [1.29, 1.82) is 5.41 Å². The molecule has 0 aliphatic carbocycles. The number of nitrogen functional groups attached to an aromatic ring is 1. The van der Waals surface area contributed by atoms with Crippen LogP contribution in [0.2, 0.25) is 0 Å². The van der Waals surface area contributed by atoms with Crippen molar-refractivity contribution in [3.63, 3.8) is 0 Å². The van der Waals surface area contributed by atoms with Crippen LogP contribution in [0.25, 0.3) is 0 Å². The van der Waals surface area contributed by atoms with Crippen molar-refractivity contribution in [1.82, 2.24) is 9.97 Å².